The van der Waals surface area contributed by atoms with E-state index in [9.17, 15) is 0 Å². The maximum atomic E-state index is 6.23. The Kier molecular flexibility index (Phi) is 4.77. The molecule has 22 heavy (non-hydrogen) atoms. The lowest BCUT2D eigenvalue weighted by Gasteiger charge is -2.33. The molecule has 0 saturated carbocycles. The first-order valence-electron chi connectivity index (χ1n) is 7.75. The highest BCUT2D eigenvalue weighted by atomic mass is 35.5. The van der Waals surface area contributed by atoms with E-state index in [4.69, 9.17) is 23.2 Å². The van der Waals surface area contributed by atoms with Gasteiger partial charge in [-0.3, -0.25) is 5.32 Å². The van der Waals surface area contributed by atoms with Crippen LogP contribution in [-0.4, -0.2) is 11.4 Å². The molecule has 0 radical (unpaired) electrons. The molecule has 1 aliphatic heterocycles. The van der Waals surface area contributed by atoms with Crippen LogP contribution in [0.4, 0.5) is 0 Å². The molecular formula is C19H21Cl2N. The Morgan fingerprint density at radius 2 is 1.95 bits per heavy atom. The first-order chi connectivity index (χ1) is 10.5. The molecule has 1 aromatic carbocycles. The normalized spacial score (nSPS) is 28.7. The van der Waals surface area contributed by atoms with Gasteiger partial charge in [-0.2, -0.15) is 0 Å². The third-order valence-corrected chi connectivity index (χ3v) is 5.34. The summed E-state index contributed by atoms with van der Waals surface area (Å²) in [5.74, 6) is 0. The zero-order valence-electron chi connectivity index (χ0n) is 12.9. The summed E-state index contributed by atoms with van der Waals surface area (Å²) in [6.07, 6.45) is 8.38. The second kappa shape index (κ2) is 6.62. The van der Waals surface area contributed by atoms with Crippen LogP contribution >= 0.6 is 23.2 Å². The number of alkyl halides is 1. The van der Waals surface area contributed by atoms with Crippen LogP contribution in [0.25, 0.3) is 0 Å². The van der Waals surface area contributed by atoms with Crippen LogP contribution in [-0.2, 0) is 0 Å². The van der Waals surface area contributed by atoms with Crippen LogP contribution in [0.3, 0.4) is 0 Å². The van der Waals surface area contributed by atoms with E-state index in [0.29, 0.717) is 6.04 Å². The molecule has 1 heterocycles. The summed E-state index contributed by atoms with van der Waals surface area (Å²) in [5.41, 5.74) is 5.24. The van der Waals surface area contributed by atoms with Crippen molar-refractivity contribution in [1.82, 2.24) is 5.32 Å². The lowest BCUT2D eigenvalue weighted by molar-refractivity contribution is 0.489. The molecule has 0 fully saturated rings. The van der Waals surface area contributed by atoms with E-state index in [1.165, 1.54) is 22.3 Å². The molecule has 0 bridgehead atoms. The van der Waals surface area contributed by atoms with Crippen molar-refractivity contribution in [1.29, 1.82) is 0 Å². The molecule has 3 unspecified atom stereocenters. The molecule has 3 rings (SSSR count). The Balaban J connectivity index is 1.84. The van der Waals surface area contributed by atoms with Gasteiger partial charge in [-0.05, 0) is 43.9 Å². The summed E-state index contributed by atoms with van der Waals surface area (Å²) >= 11 is 12.4. The van der Waals surface area contributed by atoms with Gasteiger partial charge in [0, 0.05) is 11.1 Å². The third-order valence-electron chi connectivity index (χ3n) is 4.44. The summed E-state index contributed by atoms with van der Waals surface area (Å²) in [6.45, 7) is 4.33. The summed E-state index contributed by atoms with van der Waals surface area (Å²) in [5, 5.41) is 4.45. The average Bonchev–Trinajstić information content (AvgIpc) is 2.50. The Morgan fingerprint density at radius 1 is 1.14 bits per heavy atom. The zero-order valence-corrected chi connectivity index (χ0v) is 14.5. The van der Waals surface area contributed by atoms with Gasteiger partial charge in [0.25, 0.3) is 0 Å². The van der Waals surface area contributed by atoms with Gasteiger partial charge in [-0.1, -0.05) is 59.2 Å². The molecule has 1 N–H and O–H groups in total. The quantitative estimate of drug-likeness (QED) is 0.564. The van der Waals surface area contributed by atoms with Crippen molar-refractivity contribution in [2.75, 3.05) is 0 Å². The molecule has 116 valence electrons. The van der Waals surface area contributed by atoms with E-state index in [2.05, 4.69) is 55.6 Å². The maximum absolute atomic E-state index is 6.23. The van der Waals surface area contributed by atoms with Gasteiger partial charge in [0.2, 0.25) is 0 Å². The Labute approximate surface area is 142 Å². The summed E-state index contributed by atoms with van der Waals surface area (Å²) in [4.78, 5) is 0. The molecule has 0 saturated heterocycles. The van der Waals surface area contributed by atoms with Gasteiger partial charge in [0.05, 0.1) is 11.4 Å². The largest absolute Gasteiger partial charge is 0.299 e. The Bertz CT molecular complexity index is 657. The van der Waals surface area contributed by atoms with Crippen LogP contribution < -0.4 is 5.32 Å². The number of halogens is 2. The van der Waals surface area contributed by atoms with Crippen LogP contribution in [0.15, 0.2) is 58.7 Å². The number of benzene rings is 1. The number of rotatable bonds is 2. The SMILES string of the molecule is CC1=CCC(C2=CCC(Cl)C(Cl)=C2)NC1c1cccc(C)c1. The summed E-state index contributed by atoms with van der Waals surface area (Å²) in [6, 6.07) is 9.27. The van der Waals surface area contributed by atoms with Crippen molar-refractivity contribution in [3.63, 3.8) is 0 Å². The predicted octanol–water partition coefficient (Wildman–Crippen LogP) is 5.40. The fourth-order valence-corrected chi connectivity index (χ4v) is 3.53. The highest BCUT2D eigenvalue weighted by molar-refractivity contribution is 6.37. The smallest absolute Gasteiger partial charge is 0.0726 e. The molecule has 1 aromatic rings. The van der Waals surface area contributed by atoms with Gasteiger partial charge in [-0.15, -0.1) is 11.6 Å². The molecule has 0 amide bonds. The lowest BCUT2D eigenvalue weighted by Crippen LogP contribution is -2.38. The monoisotopic (exact) mass is 333 g/mol. The standard InChI is InChI=1S/C19H21Cl2N/c1-12-4-3-5-15(10-12)19-13(2)6-9-18(22-19)14-7-8-16(20)17(21)11-14/h3-7,10-11,16,18-19,22H,8-9H2,1-2H3. The molecule has 2 aliphatic rings. The zero-order chi connectivity index (χ0) is 15.7. The highest BCUT2D eigenvalue weighted by Gasteiger charge is 2.26. The molecule has 3 atom stereocenters. The minimum atomic E-state index is -0.0705. The van der Waals surface area contributed by atoms with Crippen molar-refractivity contribution in [2.24, 2.45) is 0 Å². The predicted molar refractivity (Wildman–Crippen MR) is 95.5 cm³/mol. The van der Waals surface area contributed by atoms with Gasteiger partial charge in [0.1, 0.15) is 0 Å². The van der Waals surface area contributed by atoms with Gasteiger partial charge in [-0.25, -0.2) is 0 Å². The fraction of sp³-hybridized carbons (Fsp3) is 0.368. The van der Waals surface area contributed by atoms with E-state index in [-0.39, 0.29) is 11.4 Å². The second-order valence-electron chi connectivity index (χ2n) is 6.19. The highest BCUT2D eigenvalue weighted by Crippen LogP contribution is 2.33. The second-order valence-corrected chi connectivity index (χ2v) is 7.15. The minimum Gasteiger partial charge on any atom is -0.299 e. The van der Waals surface area contributed by atoms with Crippen LogP contribution in [0.2, 0.25) is 0 Å². The molecule has 0 spiro atoms. The van der Waals surface area contributed by atoms with E-state index >= 15 is 0 Å². The van der Waals surface area contributed by atoms with Gasteiger partial charge < -0.3 is 0 Å². The van der Waals surface area contributed by atoms with Crippen molar-refractivity contribution in [3.05, 3.63) is 69.8 Å². The van der Waals surface area contributed by atoms with Crippen LogP contribution in [0.1, 0.15) is 36.9 Å². The van der Waals surface area contributed by atoms with Crippen LogP contribution in [0, 0.1) is 6.92 Å². The minimum absolute atomic E-state index is 0.0705. The summed E-state index contributed by atoms with van der Waals surface area (Å²) < 4.78 is 0. The van der Waals surface area contributed by atoms with Crippen molar-refractivity contribution >= 4 is 23.2 Å². The van der Waals surface area contributed by atoms with Crippen molar-refractivity contribution < 1.29 is 0 Å². The van der Waals surface area contributed by atoms with E-state index in [1.54, 1.807) is 0 Å². The summed E-state index contributed by atoms with van der Waals surface area (Å²) in [7, 11) is 0. The van der Waals surface area contributed by atoms with E-state index < -0.39 is 0 Å². The molecule has 0 aromatic heterocycles. The molecule has 1 nitrogen and oxygen atoms in total. The number of allylic oxidation sites excluding steroid dienone is 2. The number of nitrogens with one attached hydrogen (secondary N) is 1. The molecule has 1 aliphatic carbocycles. The average molecular weight is 334 g/mol. The van der Waals surface area contributed by atoms with E-state index in [1.807, 2.05) is 6.08 Å². The first kappa shape index (κ1) is 15.9. The first-order valence-corrected chi connectivity index (χ1v) is 8.56. The number of aryl methyl sites for hydroxylation is 1. The molecular weight excluding hydrogens is 313 g/mol. The Hall–Kier alpha value is -1.02. The third kappa shape index (κ3) is 3.32. The van der Waals surface area contributed by atoms with Crippen molar-refractivity contribution in [2.45, 2.75) is 44.1 Å². The fourth-order valence-electron chi connectivity index (χ4n) is 3.17. The van der Waals surface area contributed by atoms with E-state index in [0.717, 1.165) is 17.9 Å². The van der Waals surface area contributed by atoms with Crippen LogP contribution in [0.5, 0.6) is 0 Å². The molecule has 3 heteroatoms. The topological polar surface area (TPSA) is 12.0 Å². The number of hydrogen-bond acceptors (Lipinski definition) is 1. The van der Waals surface area contributed by atoms with Gasteiger partial charge >= 0.3 is 0 Å². The maximum Gasteiger partial charge on any atom is 0.0726 e. The van der Waals surface area contributed by atoms with Gasteiger partial charge in [0.15, 0.2) is 0 Å². The van der Waals surface area contributed by atoms with Crippen molar-refractivity contribution in [3.8, 4) is 0 Å². The number of hydrogen-bond donors (Lipinski definition) is 1. The Morgan fingerprint density at radius 3 is 2.68 bits per heavy atom. The lowest BCUT2D eigenvalue weighted by atomic mass is 9.88.